The maximum atomic E-state index is 14.1. The van der Waals surface area contributed by atoms with Crippen molar-refractivity contribution in [3.63, 3.8) is 0 Å². The standard InChI is InChI=1S/C31H38O8/c1-18-13-14-30(6,7)26(34)16-25(37-21(4)32)19(2)15-24-27(38-29(36)23-11-9-8-10-12-23)20(3)17-31(24,28(18)35)39-22(5)33/h8-15,18,20,24-25,27H,16-17H2,1-7H3/b14-13+,19-15?/t18-,20-,24+,25-,27+,31-/m1/s1. The molecule has 8 heteroatoms. The summed E-state index contributed by atoms with van der Waals surface area (Å²) < 4.78 is 17.4. The number of fused-ring (bicyclic) bond motifs is 1. The molecular weight excluding hydrogens is 500 g/mol. The molecule has 1 fully saturated rings. The molecule has 6 atom stereocenters. The van der Waals surface area contributed by atoms with E-state index in [2.05, 4.69) is 0 Å². The monoisotopic (exact) mass is 538 g/mol. The fourth-order valence-corrected chi connectivity index (χ4v) is 5.48. The van der Waals surface area contributed by atoms with Crippen LogP contribution in [0, 0.1) is 23.2 Å². The van der Waals surface area contributed by atoms with Crippen molar-refractivity contribution in [3.8, 4) is 0 Å². The van der Waals surface area contributed by atoms with E-state index in [1.54, 1.807) is 76.3 Å². The number of benzene rings is 1. The number of hydrogen-bond acceptors (Lipinski definition) is 8. The molecule has 1 saturated carbocycles. The van der Waals surface area contributed by atoms with E-state index >= 15 is 0 Å². The number of ketones is 2. The molecule has 8 nitrogen and oxygen atoms in total. The average molecular weight is 539 g/mol. The van der Waals surface area contributed by atoms with Gasteiger partial charge in [-0.3, -0.25) is 19.2 Å². The predicted molar refractivity (Wildman–Crippen MR) is 143 cm³/mol. The summed E-state index contributed by atoms with van der Waals surface area (Å²) in [4.78, 5) is 64.9. The second-order valence-electron chi connectivity index (χ2n) is 11.3. The number of ether oxygens (including phenoxy) is 3. The van der Waals surface area contributed by atoms with Crippen LogP contribution in [0.25, 0.3) is 0 Å². The highest BCUT2D eigenvalue weighted by Gasteiger charge is 2.60. The lowest BCUT2D eigenvalue weighted by Crippen LogP contribution is -2.50. The van der Waals surface area contributed by atoms with Crippen molar-refractivity contribution in [2.45, 2.75) is 79.1 Å². The Hall–Kier alpha value is -3.55. The third-order valence-corrected chi connectivity index (χ3v) is 7.64. The van der Waals surface area contributed by atoms with Crippen LogP contribution in [0.4, 0.5) is 0 Å². The highest BCUT2D eigenvalue weighted by atomic mass is 16.6. The predicted octanol–water partition coefficient (Wildman–Crippen LogP) is 4.81. The Morgan fingerprint density at radius 1 is 0.949 bits per heavy atom. The van der Waals surface area contributed by atoms with E-state index < -0.39 is 53.0 Å². The smallest absolute Gasteiger partial charge is 0.338 e. The fourth-order valence-electron chi connectivity index (χ4n) is 5.48. The van der Waals surface area contributed by atoms with Crippen LogP contribution in [0.5, 0.6) is 0 Å². The van der Waals surface area contributed by atoms with Gasteiger partial charge in [0.2, 0.25) is 0 Å². The summed E-state index contributed by atoms with van der Waals surface area (Å²) in [6, 6.07) is 8.48. The van der Waals surface area contributed by atoms with Crippen LogP contribution in [0.3, 0.4) is 0 Å². The zero-order valence-electron chi connectivity index (χ0n) is 23.7. The molecule has 1 aromatic carbocycles. The maximum Gasteiger partial charge on any atom is 0.338 e. The Labute approximate surface area is 229 Å². The SMILES string of the molecule is CC(=O)O[C@@H]1CC(=O)C(C)(C)/C=C/[C@@H](C)C(=O)[C@@]2(OC(C)=O)C[C@@H](C)[C@H](OC(=O)c3ccccc3)[C@@H]2C=C1C. The van der Waals surface area contributed by atoms with Crippen molar-refractivity contribution in [2.75, 3.05) is 0 Å². The first-order valence-electron chi connectivity index (χ1n) is 13.3. The molecule has 0 heterocycles. The molecule has 3 rings (SSSR count). The molecule has 2 aliphatic rings. The van der Waals surface area contributed by atoms with Crippen molar-refractivity contribution in [1.29, 1.82) is 0 Å². The molecule has 0 radical (unpaired) electrons. The van der Waals surface area contributed by atoms with Crippen LogP contribution in [0.1, 0.15) is 71.7 Å². The third kappa shape index (κ3) is 6.54. The van der Waals surface area contributed by atoms with Gasteiger partial charge in [-0.2, -0.15) is 0 Å². The van der Waals surface area contributed by atoms with Gasteiger partial charge < -0.3 is 14.2 Å². The third-order valence-electron chi connectivity index (χ3n) is 7.64. The summed E-state index contributed by atoms with van der Waals surface area (Å²) in [7, 11) is 0. The molecule has 2 aliphatic carbocycles. The van der Waals surface area contributed by atoms with Gasteiger partial charge in [0.1, 0.15) is 18.0 Å². The van der Waals surface area contributed by atoms with Gasteiger partial charge in [-0.05, 0) is 44.4 Å². The van der Waals surface area contributed by atoms with Crippen LogP contribution < -0.4 is 0 Å². The number of carbonyl (C=O) groups excluding carboxylic acids is 5. The van der Waals surface area contributed by atoms with Crippen LogP contribution in [0.2, 0.25) is 0 Å². The molecule has 210 valence electrons. The second-order valence-corrected chi connectivity index (χ2v) is 11.3. The van der Waals surface area contributed by atoms with E-state index in [0.29, 0.717) is 11.1 Å². The molecule has 0 spiro atoms. The number of carbonyl (C=O) groups is 5. The van der Waals surface area contributed by atoms with E-state index in [0.717, 1.165) is 0 Å². The van der Waals surface area contributed by atoms with Gasteiger partial charge in [0.25, 0.3) is 0 Å². The minimum absolute atomic E-state index is 0.0844. The lowest BCUT2D eigenvalue weighted by atomic mass is 9.76. The first-order chi connectivity index (χ1) is 18.2. The van der Waals surface area contributed by atoms with Gasteiger partial charge in [-0.15, -0.1) is 0 Å². The minimum atomic E-state index is -1.63. The number of esters is 3. The van der Waals surface area contributed by atoms with Crippen molar-refractivity contribution in [2.24, 2.45) is 23.2 Å². The number of rotatable bonds is 4. The van der Waals surface area contributed by atoms with E-state index in [9.17, 15) is 24.0 Å². The first-order valence-corrected chi connectivity index (χ1v) is 13.3. The van der Waals surface area contributed by atoms with Crippen molar-refractivity contribution in [1.82, 2.24) is 0 Å². The fraction of sp³-hybridized carbons (Fsp3) is 0.516. The minimum Gasteiger partial charge on any atom is -0.458 e. The van der Waals surface area contributed by atoms with Gasteiger partial charge in [0.15, 0.2) is 11.4 Å². The van der Waals surface area contributed by atoms with Crippen molar-refractivity contribution < 1.29 is 38.2 Å². The van der Waals surface area contributed by atoms with Gasteiger partial charge in [0, 0.05) is 38.0 Å². The summed E-state index contributed by atoms with van der Waals surface area (Å²) in [5, 5.41) is 0. The van der Waals surface area contributed by atoms with Gasteiger partial charge in [-0.25, -0.2) is 4.79 Å². The van der Waals surface area contributed by atoms with Gasteiger partial charge in [0.05, 0.1) is 11.5 Å². The zero-order valence-corrected chi connectivity index (χ0v) is 23.7. The summed E-state index contributed by atoms with van der Waals surface area (Å²) in [5.41, 5.74) is -1.73. The van der Waals surface area contributed by atoms with Crippen molar-refractivity contribution >= 4 is 29.5 Å². The Morgan fingerprint density at radius 3 is 2.18 bits per heavy atom. The molecule has 39 heavy (non-hydrogen) atoms. The number of hydrogen-bond donors (Lipinski definition) is 0. The Morgan fingerprint density at radius 2 is 1.59 bits per heavy atom. The lowest BCUT2D eigenvalue weighted by Gasteiger charge is -2.36. The van der Waals surface area contributed by atoms with Crippen LogP contribution in [-0.4, -0.2) is 47.3 Å². The van der Waals surface area contributed by atoms with E-state index in [1.165, 1.54) is 13.8 Å². The van der Waals surface area contributed by atoms with Gasteiger partial charge >= 0.3 is 17.9 Å². The molecule has 0 aromatic heterocycles. The molecule has 0 aliphatic heterocycles. The molecule has 0 unspecified atom stereocenters. The molecular formula is C31H38O8. The van der Waals surface area contributed by atoms with Crippen molar-refractivity contribution in [3.05, 3.63) is 59.7 Å². The molecule has 0 bridgehead atoms. The summed E-state index contributed by atoms with van der Waals surface area (Å²) >= 11 is 0. The van der Waals surface area contributed by atoms with E-state index in [4.69, 9.17) is 14.2 Å². The molecule has 0 saturated heterocycles. The van der Waals surface area contributed by atoms with E-state index in [-0.39, 0.29) is 30.3 Å². The number of Topliss-reactive ketones (excluding diaryl/α,β-unsaturated/α-hetero) is 2. The van der Waals surface area contributed by atoms with Crippen LogP contribution in [-0.2, 0) is 33.4 Å². The van der Waals surface area contributed by atoms with E-state index in [1.807, 2.05) is 6.92 Å². The normalized spacial score (nSPS) is 31.6. The quantitative estimate of drug-likeness (QED) is 0.305. The molecule has 1 aromatic rings. The van der Waals surface area contributed by atoms with Crippen LogP contribution in [0.15, 0.2) is 54.1 Å². The maximum absolute atomic E-state index is 14.1. The largest absolute Gasteiger partial charge is 0.458 e. The van der Waals surface area contributed by atoms with Gasteiger partial charge in [-0.1, -0.05) is 50.3 Å². The summed E-state index contributed by atoms with van der Waals surface area (Å²) in [6.45, 7) is 11.2. The average Bonchev–Trinajstić information content (AvgIpc) is 3.11. The van der Waals surface area contributed by atoms with Crippen LogP contribution >= 0.6 is 0 Å². The Balaban J connectivity index is 2.21. The number of allylic oxidation sites excluding steroid dienone is 2. The topological polar surface area (TPSA) is 113 Å². The Bertz CT molecular complexity index is 1190. The summed E-state index contributed by atoms with van der Waals surface area (Å²) in [5.74, 6) is -4.25. The highest BCUT2D eigenvalue weighted by molar-refractivity contribution is 5.94. The first kappa shape index (κ1) is 30.0. The lowest BCUT2D eigenvalue weighted by molar-refractivity contribution is -0.171. The zero-order chi connectivity index (χ0) is 29.1. The molecule has 0 amide bonds. The summed E-state index contributed by atoms with van der Waals surface area (Å²) in [6.07, 6.45) is 3.30. The Kier molecular flexibility index (Phi) is 8.98. The molecule has 0 N–H and O–H groups in total. The highest BCUT2D eigenvalue weighted by Crippen LogP contribution is 2.48. The second kappa shape index (κ2) is 11.7.